The first-order chi connectivity index (χ1) is 28.3. The quantitative estimate of drug-likeness (QED) is 0.0346. The number of rotatable bonds is 42. The molecule has 0 aliphatic carbocycles. The van der Waals surface area contributed by atoms with E-state index in [0.717, 1.165) is 32.1 Å². The molecule has 0 amide bonds. The standard InChI is InChI=1S/C48H92O10/c1-3-5-7-9-11-13-15-16-17-18-19-20-21-22-23-24-25-27-29-31-33-35-37-44(51)57-41(40-56-48-47(54)46(53)45(52)42(38-49)58-48)39-55-43(50)36-34-32-30-28-26-14-12-10-8-6-4-2/h41-42,45-49,52-54H,3-40H2,1-2H3/t41-,42-,45+,46?,47?,48-/m1/s1. The normalized spacial score (nSPS) is 20.0. The highest BCUT2D eigenvalue weighted by molar-refractivity contribution is 5.70. The van der Waals surface area contributed by atoms with Crippen LogP contribution < -0.4 is 0 Å². The summed E-state index contributed by atoms with van der Waals surface area (Å²) < 4.78 is 22.2. The van der Waals surface area contributed by atoms with Crippen molar-refractivity contribution in [3.8, 4) is 0 Å². The molecule has 0 aromatic rings. The van der Waals surface area contributed by atoms with Crippen LogP contribution >= 0.6 is 0 Å². The molecule has 0 spiro atoms. The number of carbonyl (C=O) groups excluding carboxylic acids is 2. The Morgan fingerprint density at radius 1 is 0.466 bits per heavy atom. The predicted molar refractivity (Wildman–Crippen MR) is 234 cm³/mol. The molecule has 58 heavy (non-hydrogen) atoms. The van der Waals surface area contributed by atoms with Gasteiger partial charge in [-0.05, 0) is 12.8 Å². The van der Waals surface area contributed by atoms with E-state index in [-0.39, 0.29) is 32.0 Å². The van der Waals surface area contributed by atoms with Gasteiger partial charge in [-0.2, -0.15) is 0 Å². The second kappa shape index (κ2) is 39.8. The monoisotopic (exact) mass is 829 g/mol. The largest absolute Gasteiger partial charge is 0.462 e. The Balaban J connectivity index is 2.22. The Labute approximate surface area is 355 Å². The molecule has 1 aliphatic rings. The van der Waals surface area contributed by atoms with Gasteiger partial charge in [-0.25, -0.2) is 0 Å². The molecule has 4 N–H and O–H groups in total. The molecule has 0 bridgehead atoms. The van der Waals surface area contributed by atoms with Gasteiger partial charge in [0.25, 0.3) is 0 Å². The van der Waals surface area contributed by atoms with Gasteiger partial charge in [-0.3, -0.25) is 9.59 Å². The summed E-state index contributed by atoms with van der Waals surface area (Å²) in [6.07, 6.45) is 34.1. The van der Waals surface area contributed by atoms with E-state index in [9.17, 15) is 30.0 Å². The molecule has 1 heterocycles. The van der Waals surface area contributed by atoms with Crippen molar-refractivity contribution in [3.63, 3.8) is 0 Å². The van der Waals surface area contributed by atoms with Crippen LogP contribution in [0.4, 0.5) is 0 Å². The lowest BCUT2D eigenvalue weighted by atomic mass is 9.99. The Kier molecular flexibility index (Phi) is 37.6. The highest BCUT2D eigenvalue weighted by Crippen LogP contribution is 2.23. The van der Waals surface area contributed by atoms with Crippen molar-refractivity contribution in [1.82, 2.24) is 0 Å². The lowest BCUT2D eigenvalue weighted by Gasteiger charge is -2.39. The van der Waals surface area contributed by atoms with Crippen molar-refractivity contribution in [3.05, 3.63) is 0 Å². The van der Waals surface area contributed by atoms with Crippen LogP contribution in [-0.4, -0.2) is 89.0 Å². The molecule has 1 rings (SSSR count). The zero-order chi connectivity index (χ0) is 42.3. The highest BCUT2D eigenvalue weighted by atomic mass is 16.7. The van der Waals surface area contributed by atoms with Gasteiger partial charge in [-0.15, -0.1) is 0 Å². The number of aliphatic hydroxyl groups excluding tert-OH is 4. The molecule has 0 aromatic heterocycles. The second-order valence-corrected chi connectivity index (χ2v) is 17.3. The molecule has 1 aliphatic heterocycles. The fourth-order valence-corrected chi connectivity index (χ4v) is 7.84. The Hall–Kier alpha value is -1.30. The van der Waals surface area contributed by atoms with Crippen LogP contribution in [0.25, 0.3) is 0 Å². The van der Waals surface area contributed by atoms with Gasteiger partial charge < -0.3 is 39.4 Å². The molecule has 0 aromatic carbocycles. The molecular formula is C48H92O10. The molecule has 0 saturated carbocycles. The number of aliphatic hydroxyl groups is 4. The minimum Gasteiger partial charge on any atom is -0.462 e. The third-order valence-electron chi connectivity index (χ3n) is 11.7. The van der Waals surface area contributed by atoms with Crippen LogP contribution in [0, 0.1) is 0 Å². The first-order valence-corrected chi connectivity index (χ1v) is 24.6. The fourth-order valence-electron chi connectivity index (χ4n) is 7.84. The molecular weight excluding hydrogens is 737 g/mol. The number of carbonyl (C=O) groups is 2. The predicted octanol–water partition coefficient (Wildman–Crippen LogP) is 11.0. The first-order valence-electron chi connectivity index (χ1n) is 24.6. The van der Waals surface area contributed by atoms with Gasteiger partial charge in [0, 0.05) is 12.8 Å². The molecule has 10 nitrogen and oxygen atoms in total. The maximum absolute atomic E-state index is 12.8. The number of hydrogen-bond donors (Lipinski definition) is 4. The van der Waals surface area contributed by atoms with E-state index in [2.05, 4.69) is 13.8 Å². The number of esters is 2. The summed E-state index contributed by atoms with van der Waals surface area (Å²) in [5, 5.41) is 40.1. The van der Waals surface area contributed by atoms with Gasteiger partial charge in [0.2, 0.25) is 0 Å². The van der Waals surface area contributed by atoms with Gasteiger partial charge in [0.1, 0.15) is 31.0 Å². The summed E-state index contributed by atoms with van der Waals surface area (Å²) in [6, 6.07) is 0. The minimum atomic E-state index is -1.59. The van der Waals surface area contributed by atoms with Gasteiger partial charge in [0.05, 0.1) is 13.2 Å². The van der Waals surface area contributed by atoms with Crippen LogP contribution in [0.5, 0.6) is 0 Å². The van der Waals surface area contributed by atoms with E-state index in [1.807, 2.05) is 0 Å². The number of ether oxygens (including phenoxy) is 4. The lowest BCUT2D eigenvalue weighted by molar-refractivity contribution is -0.305. The van der Waals surface area contributed by atoms with Gasteiger partial charge in [-0.1, -0.05) is 213 Å². The summed E-state index contributed by atoms with van der Waals surface area (Å²) in [4.78, 5) is 25.3. The molecule has 344 valence electrons. The van der Waals surface area contributed by atoms with Crippen molar-refractivity contribution in [2.75, 3.05) is 19.8 Å². The van der Waals surface area contributed by atoms with Crippen LogP contribution in [-0.2, 0) is 28.5 Å². The molecule has 6 atom stereocenters. The average molecular weight is 829 g/mol. The second-order valence-electron chi connectivity index (χ2n) is 17.3. The number of hydrogen-bond acceptors (Lipinski definition) is 10. The van der Waals surface area contributed by atoms with Crippen LogP contribution in [0.15, 0.2) is 0 Å². The van der Waals surface area contributed by atoms with Crippen molar-refractivity contribution in [2.24, 2.45) is 0 Å². The van der Waals surface area contributed by atoms with E-state index in [1.54, 1.807) is 0 Å². The Bertz CT molecular complexity index is 917. The van der Waals surface area contributed by atoms with Crippen molar-refractivity contribution in [1.29, 1.82) is 0 Å². The highest BCUT2D eigenvalue weighted by Gasteiger charge is 2.44. The molecule has 1 saturated heterocycles. The van der Waals surface area contributed by atoms with Crippen LogP contribution in [0.2, 0.25) is 0 Å². The van der Waals surface area contributed by atoms with E-state index >= 15 is 0 Å². The third kappa shape index (κ3) is 30.7. The maximum Gasteiger partial charge on any atom is 0.306 e. The molecule has 2 unspecified atom stereocenters. The van der Waals surface area contributed by atoms with Crippen LogP contribution in [0.3, 0.4) is 0 Å². The molecule has 0 radical (unpaired) electrons. The minimum absolute atomic E-state index is 0.209. The third-order valence-corrected chi connectivity index (χ3v) is 11.7. The topological polar surface area (TPSA) is 152 Å². The summed E-state index contributed by atoms with van der Waals surface area (Å²) in [7, 11) is 0. The smallest absolute Gasteiger partial charge is 0.306 e. The van der Waals surface area contributed by atoms with Crippen LogP contribution in [0.1, 0.15) is 239 Å². The van der Waals surface area contributed by atoms with E-state index in [1.165, 1.54) is 173 Å². The first kappa shape index (κ1) is 54.7. The van der Waals surface area contributed by atoms with Crippen molar-refractivity contribution < 1.29 is 49.0 Å². The van der Waals surface area contributed by atoms with E-state index in [4.69, 9.17) is 18.9 Å². The Morgan fingerprint density at radius 2 is 0.810 bits per heavy atom. The zero-order valence-electron chi connectivity index (χ0n) is 37.6. The van der Waals surface area contributed by atoms with Gasteiger partial charge >= 0.3 is 11.9 Å². The van der Waals surface area contributed by atoms with Gasteiger partial charge in [0.15, 0.2) is 12.4 Å². The van der Waals surface area contributed by atoms with Crippen molar-refractivity contribution >= 4 is 11.9 Å². The average Bonchev–Trinajstić information content (AvgIpc) is 3.22. The Morgan fingerprint density at radius 3 is 1.17 bits per heavy atom. The summed E-state index contributed by atoms with van der Waals surface area (Å²) >= 11 is 0. The summed E-state index contributed by atoms with van der Waals surface area (Å²) in [6.45, 7) is 3.45. The summed E-state index contributed by atoms with van der Waals surface area (Å²) in [5.74, 6) is -0.790. The SMILES string of the molecule is CCCCCCCCCCCCCCCCCCCCCCCCC(=O)O[C@H](COC(=O)CCCCCCCCCCCCC)CO[C@@H]1O[C@H](CO)[C@H](O)C(O)C1O. The van der Waals surface area contributed by atoms with Crippen molar-refractivity contribution in [2.45, 2.75) is 275 Å². The number of unbranched alkanes of at least 4 members (excludes halogenated alkanes) is 31. The summed E-state index contributed by atoms with van der Waals surface area (Å²) in [5.41, 5.74) is 0. The fraction of sp³-hybridized carbons (Fsp3) is 0.958. The maximum atomic E-state index is 12.8. The lowest BCUT2D eigenvalue weighted by Crippen LogP contribution is -2.59. The van der Waals surface area contributed by atoms with E-state index < -0.39 is 49.4 Å². The zero-order valence-corrected chi connectivity index (χ0v) is 37.6. The molecule has 1 fully saturated rings. The van der Waals surface area contributed by atoms with E-state index in [0.29, 0.717) is 6.42 Å². The molecule has 10 heteroatoms.